The normalized spacial score (nSPS) is 12.2. The number of nitrogens with one attached hydrogen (secondary N) is 2. The first-order chi connectivity index (χ1) is 15.2. The molecule has 0 aliphatic carbocycles. The van der Waals surface area contributed by atoms with Crippen LogP contribution in [0.3, 0.4) is 0 Å². The van der Waals surface area contributed by atoms with Crippen molar-refractivity contribution in [1.82, 2.24) is 4.72 Å². The molecule has 0 heterocycles. The lowest BCUT2D eigenvalue weighted by Crippen LogP contribution is -2.45. The molecule has 6 nitrogen and oxygen atoms in total. The zero-order valence-electron chi connectivity index (χ0n) is 17.4. The molecule has 0 bridgehead atoms. The highest BCUT2D eigenvalue weighted by Crippen LogP contribution is 2.27. The maximum atomic E-state index is 13.2. The van der Waals surface area contributed by atoms with E-state index in [9.17, 15) is 13.2 Å². The third-order valence-electron chi connectivity index (χ3n) is 4.77. The van der Waals surface area contributed by atoms with Crippen molar-refractivity contribution in [3.8, 4) is 5.75 Å². The first-order valence-corrected chi connectivity index (χ1v) is 11.9. The molecule has 0 aliphatic heterocycles. The van der Waals surface area contributed by atoms with Crippen molar-refractivity contribution in [2.45, 2.75) is 24.3 Å². The first-order valence-electron chi connectivity index (χ1n) is 9.66. The predicted molar refractivity (Wildman–Crippen MR) is 127 cm³/mol. The van der Waals surface area contributed by atoms with Gasteiger partial charge < -0.3 is 10.1 Å². The molecule has 0 fully saturated rings. The van der Waals surface area contributed by atoms with Gasteiger partial charge in [0.25, 0.3) is 0 Å². The van der Waals surface area contributed by atoms with Crippen molar-refractivity contribution in [2.24, 2.45) is 0 Å². The Morgan fingerprint density at radius 2 is 1.66 bits per heavy atom. The van der Waals surface area contributed by atoms with Crippen LogP contribution in [0.15, 0.2) is 71.6 Å². The lowest BCUT2D eigenvalue weighted by molar-refractivity contribution is -0.117. The smallest absolute Gasteiger partial charge is 0.245 e. The highest BCUT2D eigenvalue weighted by molar-refractivity contribution is 7.89. The second kappa shape index (κ2) is 10.4. The molecule has 3 aromatic carbocycles. The Labute approximate surface area is 197 Å². The van der Waals surface area contributed by atoms with Gasteiger partial charge in [-0.1, -0.05) is 59.6 Å². The van der Waals surface area contributed by atoms with Gasteiger partial charge in [0.05, 0.1) is 7.11 Å². The third kappa shape index (κ3) is 6.01. The van der Waals surface area contributed by atoms with Crippen molar-refractivity contribution >= 4 is 44.8 Å². The SMILES string of the molecule is COc1ccc(Cl)cc1S(=O)(=O)N[C@@H](Cc1ccccc1)C(=O)Nc1cc(Cl)ccc1C. The van der Waals surface area contributed by atoms with E-state index in [2.05, 4.69) is 10.0 Å². The summed E-state index contributed by atoms with van der Waals surface area (Å²) in [6.45, 7) is 1.82. The fourth-order valence-electron chi connectivity index (χ4n) is 3.10. The number of rotatable bonds is 8. The molecule has 3 aromatic rings. The minimum absolute atomic E-state index is 0.117. The summed E-state index contributed by atoms with van der Waals surface area (Å²) in [6, 6.07) is 17.4. The molecule has 0 radical (unpaired) electrons. The number of ether oxygens (including phenoxy) is 1. The lowest BCUT2D eigenvalue weighted by atomic mass is 10.1. The minimum atomic E-state index is -4.15. The number of sulfonamides is 1. The average molecular weight is 493 g/mol. The summed E-state index contributed by atoms with van der Waals surface area (Å²) in [6.07, 6.45) is 0.133. The van der Waals surface area contributed by atoms with E-state index in [1.54, 1.807) is 18.2 Å². The van der Waals surface area contributed by atoms with Gasteiger partial charge in [-0.15, -0.1) is 0 Å². The number of aryl methyl sites for hydroxylation is 1. The van der Waals surface area contributed by atoms with Gasteiger partial charge in [0, 0.05) is 15.7 Å². The Hall–Kier alpha value is -2.58. The lowest BCUT2D eigenvalue weighted by Gasteiger charge is -2.20. The number of methoxy groups -OCH3 is 1. The van der Waals surface area contributed by atoms with Gasteiger partial charge in [0.15, 0.2) is 0 Å². The van der Waals surface area contributed by atoms with Crippen LogP contribution < -0.4 is 14.8 Å². The molecule has 0 aliphatic rings. The van der Waals surface area contributed by atoms with Crippen LogP contribution in [-0.4, -0.2) is 27.5 Å². The topological polar surface area (TPSA) is 84.5 Å². The van der Waals surface area contributed by atoms with Crippen molar-refractivity contribution < 1.29 is 17.9 Å². The standard InChI is InChI=1S/C23H22Cl2N2O4S/c1-15-8-9-17(24)13-19(15)26-23(28)20(12-16-6-4-3-5-7-16)27-32(29,30)22-14-18(25)10-11-21(22)31-2/h3-11,13-14,20,27H,12H2,1-2H3,(H,26,28)/t20-/m0/s1. The molecule has 0 aromatic heterocycles. The van der Waals surface area contributed by atoms with Crippen LogP contribution in [0.5, 0.6) is 5.75 Å². The van der Waals surface area contributed by atoms with E-state index in [0.29, 0.717) is 10.7 Å². The Kier molecular flexibility index (Phi) is 7.79. The zero-order valence-corrected chi connectivity index (χ0v) is 19.8. The summed E-state index contributed by atoms with van der Waals surface area (Å²) >= 11 is 12.1. The maximum Gasteiger partial charge on any atom is 0.245 e. The quantitative estimate of drug-likeness (QED) is 0.471. The van der Waals surface area contributed by atoms with Gasteiger partial charge >= 0.3 is 0 Å². The van der Waals surface area contributed by atoms with E-state index >= 15 is 0 Å². The number of halogens is 2. The van der Waals surface area contributed by atoms with Crippen LogP contribution in [0, 0.1) is 6.92 Å². The zero-order chi connectivity index (χ0) is 23.3. The maximum absolute atomic E-state index is 13.2. The highest BCUT2D eigenvalue weighted by Gasteiger charge is 2.29. The molecule has 32 heavy (non-hydrogen) atoms. The summed E-state index contributed by atoms with van der Waals surface area (Å²) in [7, 11) is -2.79. The van der Waals surface area contributed by atoms with E-state index in [0.717, 1.165) is 11.1 Å². The van der Waals surface area contributed by atoms with Gasteiger partial charge in [-0.05, 0) is 54.8 Å². The van der Waals surface area contributed by atoms with Crippen LogP contribution in [-0.2, 0) is 21.2 Å². The molecule has 168 valence electrons. The van der Waals surface area contributed by atoms with Gasteiger partial charge in [-0.25, -0.2) is 8.42 Å². The van der Waals surface area contributed by atoms with Crippen LogP contribution in [0.2, 0.25) is 10.0 Å². The summed E-state index contributed by atoms with van der Waals surface area (Å²) in [5.74, 6) is -0.407. The van der Waals surface area contributed by atoms with Crippen molar-refractivity contribution in [3.05, 3.63) is 87.9 Å². The Morgan fingerprint density at radius 1 is 1.00 bits per heavy atom. The van der Waals surface area contributed by atoms with Crippen LogP contribution >= 0.6 is 23.2 Å². The summed E-state index contributed by atoms with van der Waals surface area (Å²) in [5, 5.41) is 3.46. The third-order valence-corrected chi connectivity index (χ3v) is 6.73. The van der Waals surface area contributed by atoms with Crippen molar-refractivity contribution in [1.29, 1.82) is 0 Å². The molecular weight excluding hydrogens is 471 g/mol. The number of carbonyl (C=O) groups is 1. The van der Waals surface area contributed by atoms with Gasteiger partial charge in [0.2, 0.25) is 15.9 Å². The summed E-state index contributed by atoms with van der Waals surface area (Å²) in [4.78, 5) is 13.0. The summed E-state index contributed by atoms with van der Waals surface area (Å²) in [5.41, 5.74) is 2.08. The number of amides is 1. The largest absolute Gasteiger partial charge is 0.495 e. The van der Waals surface area contributed by atoms with Crippen LogP contribution in [0.1, 0.15) is 11.1 Å². The number of anilines is 1. The van der Waals surface area contributed by atoms with Crippen LogP contribution in [0.4, 0.5) is 5.69 Å². The van der Waals surface area contributed by atoms with E-state index in [-0.39, 0.29) is 22.1 Å². The molecule has 0 spiro atoms. The number of carbonyl (C=O) groups excluding carboxylic acids is 1. The predicted octanol–water partition coefficient (Wildman–Crippen LogP) is 4.84. The fourth-order valence-corrected chi connectivity index (χ4v) is 4.90. The number of benzene rings is 3. The molecule has 1 amide bonds. The van der Waals surface area contributed by atoms with Crippen molar-refractivity contribution in [3.63, 3.8) is 0 Å². The highest BCUT2D eigenvalue weighted by atomic mass is 35.5. The number of hydrogen-bond acceptors (Lipinski definition) is 4. The van der Waals surface area contributed by atoms with Gasteiger partial charge in [0.1, 0.15) is 16.7 Å². The van der Waals surface area contributed by atoms with Gasteiger partial charge in [-0.2, -0.15) is 4.72 Å². The molecule has 3 rings (SSSR count). The first kappa shape index (κ1) is 24.1. The van der Waals surface area contributed by atoms with Crippen LogP contribution in [0.25, 0.3) is 0 Å². The Balaban J connectivity index is 1.95. The molecule has 0 unspecified atom stereocenters. The van der Waals surface area contributed by atoms with E-state index < -0.39 is 22.0 Å². The molecule has 0 saturated carbocycles. The fraction of sp³-hybridized carbons (Fsp3) is 0.174. The molecule has 2 N–H and O–H groups in total. The Bertz CT molecular complexity index is 1220. The summed E-state index contributed by atoms with van der Waals surface area (Å²) < 4.78 is 34.1. The molecule has 9 heteroatoms. The van der Waals surface area contributed by atoms with Crippen molar-refractivity contribution in [2.75, 3.05) is 12.4 Å². The molecule has 0 saturated heterocycles. The minimum Gasteiger partial charge on any atom is -0.495 e. The second-order valence-electron chi connectivity index (χ2n) is 7.11. The Morgan fingerprint density at radius 3 is 2.34 bits per heavy atom. The molecular formula is C23H22Cl2N2O4S. The van der Waals surface area contributed by atoms with Gasteiger partial charge in [-0.3, -0.25) is 4.79 Å². The monoisotopic (exact) mass is 492 g/mol. The second-order valence-corrected chi connectivity index (χ2v) is 9.66. The average Bonchev–Trinajstić information content (AvgIpc) is 2.76. The number of hydrogen-bond donors (Lipinski definition) is 2. The molecule has 1 atom stereocenters. The van der Waals surface area contributed by atoms with E-state index in [1.807, 2.05) is 37.3 Å². The van der Waals surface area contributed by atoms with E-state index in [1.165, 1.54) is 25.3 Å². The van der Waals surface area contributed by atoms with E-state index in [4.69, 9.17) is 27.9 Å².